The summed E-state index contributed by atoms with van der Waals surface area (Å²) in [7, 11) is -1.79. The van der Waals surface area contributed by atoms with E-state index in [0.29, 0.717) is 19.5 Å². The second kappa shape index (κ2) is 15.3. The van der Waals surface area contributed by atoms with Crippen molar-refractivity contribution < 1.29 is 38.7 Å². The van der Waals surface area contributed by atoms with Crippen LogP contribution in [0.5, 0.6) is 0 Å². The molecule has 4 aliphatic rings. The van der Waals surface area contributed by atoms with Crippen LogP contribution in [0.15, 0.2) is 24.3 Å². The van der Waals surface area contributed by atoms with Crippen LogP contribution < -0.4 is 10.6 Å². The average molecular weight is 655 g/mol. The van der Waals surface area contributed by atoms with Crippen LogP contribution in [0.25, 0.3) is 0 Å². The molecule has 0 radical (unpaired) electrons. The Morgan fingerprint density at radius 3 is 2.17 bits per heavy atom. The molecule has 47 heavy (non-hydrogen) atoms. The molecule has 12 nitrogen and oxygen atoms in total. The van der Waals surface area contributed by atoms with E-state index in [9.17, 15) is 29.2 Å². The predicted octanol–water partition coefficient (Wildman–Crippen LogP) is 3.52. The van der Waals surface area contributed by atoms with Crippen molar-refractivity contribution in [2.75, 3.05) is 13.2 Å². The fourth-order valence-electron chi connectivity index (χ4n) is 7.20. The van der Waals surface area contributed by atoms with Crippen LogP contribution in [-0.2, 0) is 32.2 Å². The van der Waals surface area contributed by atoms with Crippen molar-refractivity contribution in [1.29, 1.82) is 0 Å². The summed E-state index contributed by atoms with van der Waals surface area (Å²) in [4.78, 5) is 57.8. The first-order valence-corrected chi connectivity index (χ1v) is 17.3. The highest BCUT2D eigenvalue weighted by atomic mass is 16.6. The van der Waals surface area contributed by atoms with Crippen molar-refractivity contribution in [2.45, 2.75) is 122 Å². The number of fused-ring (bicyclic) bond motifs is 1. The first-order valence-electron chi connectivity index (χ1n) is 17.3. The Morgan fingerprint density at radius 2 is 1.60 bits per heavy atom. The SMILES string of the molecule is CC(C)(C)COC(=O)N[C@H](C(=O)N1CC[C@H](OC(=O)N2Cc3ccccc3C2)[C@H]1C(=O)N[C@@H](CC1CCC1)B(O)O)C1CCCCC1. The highest BCUT2D eigenvalue weighted by Gasteiger charge is 2.49. The highest BCUT2D eigenvalue weighted by Crippen LogP contribution is 2.33. The number of nitrogens with one attached hydrogen (secondary N) is 2. The van der Waals surface area contributed by atoms with Crippen molar-refractivity contribution >= 4 is 31.1 Å². The molecule has 2 heterocycles. The Labute approximate surface area is 278 Å². The van der Waals surface area contributed by atoms with Gasteiger partial charge in [-0.1, -0.05) is 83.6 Å². The lowest BCUT2D eigenvalue weighted by Crippen LogP contribution is -2.60. The van der Waals surface area contributed by atoms with Gasteiger partial charge in [-0.05, 0) is 47.6 Å². The number of alkyl carbamates (subject to hydrolysis) is 1. The van der Waals surface area contributed by atoms with Crippen LogP contribution in [0.3, 0.4) is 0 Å². The van der Waals surface area contributed by atoms with E-state index in [-0.39, 0.29) is 36.8 Å². The van der Waals surface area contributed by atoms with Crippen molar-refractivity contribution in [3.05, 3.63) is 35.4 Å². The van der Waals surface area contributed by atoms with Crippen LogP contribution in [0, 0.1) is 17.3 Å². The third-order valence-corrected chi connectivity index (χ3v) is 10.0. The second-order valence-corrected chi connectivity index (χ2v) is 15.0. The number of rotatable bonds is 10. The third kappa shape index (κ3) is 8.98. The number of carbonyl (C=O) groups excluding carboxylic acids is 4. The lowest BCUT2D eigenvalue weighted by molar-refractivity contribution is -0.143. The minimum Gasteiger partial charge on any atom is -0.449 e. The maximum absolute atomic E-state index is 14.4. The molecular weight excluding hydrogens is 603 g/mol. The number of benzene rings is 1. The van der Waals surface area contributed by atoms with Gasteiger partial charge in [0.25, 0.3) is 0 Å². The molecule has 0 unspecified atom stereocenters. The average Bonchev–Trinajstić information content (AvgIpc) is 3.64. The van der Waals surface area contributed by atoms with E-state index in [4.69, 9.17) is 9.47 Å². The van der Waals surface area contributed by atoms with Gasteiger partial charge in [0.2, 0.25) is 11.8 Å². The highest BCUT2D eigenvalue weighted by molar-refractivity contribution is 6.43. The number of likely N-dealkylation sites (tertiary alicyclic amines) is 1. The molecule has 1 aromatic carbocycles. The molecular formula is C34H51BN4O8. The van der Waals surface area contributed by atoms with Crippen molar-refractivity contribution in [2.24, 2.45) is 17.3 Å². The van der Waals surface area contributed by atoms with Crippen molar-refractivity contribution in [3.8, 4) is 0 Å². The van der Waals surface area contributed by atoms with Crippen LogP contribution in [0.4, 0.5) is 9.59 Å². The molecule has 1 aromatic rings. The Kier molecular flexibility index (Phi) is 11.4. The molecule has 2 aliphatic carbocycles. The topological polar surface area (TPSA) is 158 Å². The van der Waals surface area contributed by atoms with Crippen LogP contribution in [0.1, 0.15) is 96.1 Å². The van der Waals surface area contributed by atoms with Crippen LogP contribution in [0.2, 0.25) is 0 Å². The molecule has 4 N–H and O–H groups in total. The maximum Gasteiger partial charge on any atom is 0.475 e. The number of amides is 4. The van der Waals surface area contributed by atoms with Crippen LogP contribution in [-0.4, -0.2) is 88.2 Å². The van der Waals surface area contributed by atoms with Gasteiger partial charge in [0.1, 0.15) is 18.2 Å². The summed E-state index contributed by atoms with van der Waals surface area (Å²) in [6.45, 7) is 6.90. The Balaban J connectivity index is 1.36. The molecule has 5 rings (SSSR count). The summed E-state index contributed by atoms with van der Waals surface area (Å²) < 4.78 is 11.4. The fraction of sp³-hybridized carbons (Fsp3) is 0.706. The van der Waals surface area contributed by atoms with E-state index in [1.807, 2.05) is 45.0 Å². The Hall–Kier alpha value is -3.32. The number of carbonyl (C=O) groups is 4. The molecule has 0 bridgehead atoms. The van der Waals surface area contributed by atoms with Gasteiger partial charge in [0.05, 0.1) is 12.5 Å². The molecule has 0 aromatic heterocycles. The quantitative estimate of drug-likeness (QED) is 0.279. The number of hydrogen-bond donors (Lipinski definition) is 4. The number of ether oxygens (including phenoxy) is 2. The van der Waals surface area contributed by atoms with E-state index < -0.39 is 55.2 Å². The van der Waals surface area contributed by atoms with E-state index in [0.717, 1.165) is 62.5 Å². The predicted molar refractivity (Wildman–Crippen MR) is 174 cm³/mol. The summed E-state index contributed by atoms with van der Waals surface area (Å²) in [5, 5.41) is 25.9. The van der Waals surface area contributed by atoms with Gasteiger partial charge in [0, 0.05) is 26.1 Å². The summed E-state index contributed by atoms with van der Waals surface area (Å²) in [5.41, 5.74) is 1.79. The second-order valence-electron chi connectivity index (χ2n) is 15.0. The molecule has 3 fully saturated rings. The zero-order chi connectivity index (χ0) is 33.7. The molecule has 0 spiro atoms. The third-order valence-electron chi connectivity index (χ3n) is 10.0. The maximum atomic E-state index is 14.4. The molecule has 1 saturated heterocycles. The smallest absolute Gasteiger partial charge is 0.449 e. The van der Waals surface area contributed by atoms with Gasteiger partial charge in [-0.25, -0.2) is 9.59 Å². The van der Waals surface area contributed by atoms with E-state index >= 15 is 0 Å². The summed E-state index contributed by atoms with van der Waals surface area (Å²) in [6.07, 6.45) is 5.72. The van der Waals surface area contributed by atoms with Gasteiger partial charge in [-0.2, -0.15) is 0 Å². The van der Waals surface area contributed by atoms with Gasteiger partial charge in [-0.15, -0.1) is 0 Å². The van der Waals surface area contributed by atoms with Crippen LogP contribution >= 0.6 is 0 Å². The van der Waals surface area contributed by atoms with Gasteiger partial charge in [0.15, 0.2) is 0 Å². The molecule has 258 valence electrons. The Morgan fingerprint density at radius 1 is 0.936 bits per heavy atom. The molecule has 2 saturated carbocycles. The van der Waals surface area contributed by atoms with Gasteiger partial charge >= 0.3 is 19.3 Å². The largest absolute Gasteiger partial charge is 0.475 e. The molecule has 13 heteroatoms. The van der Waals surface area contributed by atoms with E-state index in [1.54, 1.807) is 4.90 Å². The van der Waals surface area contributed by atoms with Gasteiger partial charge in [-0.3, -0.25) is 14.5 Å². The summed E-state index contributed by atoms with van der Waals surface area (Å²) >= 11 is 0. The Bertz CT molecular complexity index is 1250. The number of nitrogens with zero attached hydrogens (tertiary/aromatic N) is 2. The zero-order valence-electron chi connectivity index (χ0n) is 28.0. The standard InChI is InChI=1S/C34H51BN4O8/c1-34(2,3)21-46-32(42)37-28(23-12-5-4-6-13-23)31(41)39-17-16-26(47-33(43)38-19-24-14-7-8-15-25(24)20-38)29(39)30(40)36-27(35(44)45)18-22-10-9-11-22/h7-8,14-15,22-23,26-29,44-45H,4-6,9-13,16-21H2,1-3H3,(H,36,40)(H,37,42)/t26-,27-,28-,29-/m0/s1. The van der Waals surface area contributed by atoms with E-state index in [2.05, 4.69) is 10.6 Å². The first-order chi connectivity index (χ1) is 22.4. The van der Waals surface area contributed by atoms with E-state index in [1.165, 1.54) is 4.90 Å². The van der Waals surface area contributed by atoms with Crippen molar-refractivity contribution in [3.63, 3.8) is 0 Å². The minimum atomic E-state index is -1.79. The zero-order valence-corrected chi connectivity index (χ0v) is 28.0. The summed E-state index contributed by atoms with van der Waals surface area (Å²) in [5.74, 6) is -1.86. The molecule has 4 atom stereocenters. The van der Waals surface area contributed by atoms with Gasteiger partial charge < -0.3 is 35.1 Å². The monoisotopic (exact) mass is 654 g/mol. The number of hydrogen-bond acceptors (Lipinski definition) is 8. The normalized spacial score (nSPS) is 22.9. The fourth-order valence-corrected chi connectivity index (χ4v) is 7.20. The minimum absolute atomic E-state index is 0.131. The molecule has 4 amide bonds. The lowest BCUT2D eigenvalue weighted by atomic mass is 9.69. The first kappa shape index (κ1) is 35.0. The molecule has 2 aliphatic heterocycles. The lowest BCUT2D eigenvalue weighted by Gasteiger charge is -2.36. The summed E-state index contributed by atoms with van der Waals surface area (Å²) in [6, 6.07) is 5.62. The van der Waals surface area contributed by atoms with Crippen molar-refractivity contribution in [1.82, 2.24) is 20.4 Å².